The van der Waals surface area contributed by atoms with E-state index in [1.807, 2.05) is 26.0 Å². The Morgan fingerprint density at radius 3 is 2.81 bits per heavy atom. The molecule has 0 unspecified atom stereocenters. The molecule has 2 aromatic heterocycles. The van der Waals surface area contributed by atoms with Crippen molar-refractivity contribution in [3.8, 4) is 0 Å². The average Bonchev–Trinajstić information content (AvgIpc) is 2.44. The maximum atomic E-state index is 12.4. The summed E-state index contributed by atoms with van der Waals surface area (Å²) >= 11 is 0. The van der Waals surface area contributed by atoms with Crippen LogP contribution in [-0.2, 0) is 0 Å². The molecule has 21 heavy (non-hydrogen) atoms. The Morgan fingerprint density at radius 1 is 1.29 bits per heavy atom. The Bertz CT molecular complexity index is 620. The number of nitrogens with zero attached hydrogens (tertiary/aromatic N) is 2. The molecule has 0 aliphatic carbocycles. The zero-order valence-electron chi connectivity index (χ0n) is 12.6. The molecule has 5 heteroatoms. The molecule has 0 aromatic carbocycles. The molecule has 0 aliphatic rings. The molecule has 2 rings (SSSR count). The van der Waals surface area contributed by atoms with Gasteiger partial charge in [-0.2, -0.15) is 0 Å². The Balaban J connectivity index is 2.20. The van der Waals surface area contributed by atoms with Crippen LogP contribution in [-0.4, -0.2) is 22.4 Å². The fourth-order valence-electron chi connectivity index (χ4n) is 2.08. The van der Waals surface area contributed by atoms with Crippen molar-refractivity contribution in [2.45, 2.75) is 27.2 Å². The fraction of sp³-hybridized carbons (Fsp3) is 0.312. The van der Waals surface area contributed by atoms with E-state index < -0.39 is 0 Å². The van der Waals surface area contributed by atoms with Crippen LogP contribution >= 0.6 is 0 Å². The number of hydrogen-bond acceptors (Lipinski definition) is 4. The summed E-state index contributed by atoms with van der Waals surface area (Å²) in [4.78, 5) is 20.7. The predicted octanol–water partition coefficient (Wildman–Crippen LogP) is 3.17. The summed E-state index contributed by atoms with van der Waals surface area (Å²) in [6.07, 6.45) is 4.22. The second-order valence-corrected chi connectivity index (χ2v) is 4.97. The molecule has 1 amide bonds. The molecule has 0 saturated carbocycles. The van der Waals surface area contributed by atoms with Crippen molar-refractivity contribution in [1.82, 2.24) is 9.97 Å². The maximum Gasteiger partial charge on any atom is 0.260 e. The van der Waals surface area contributed by atoms with E-state index in [9.17, 15) is 4.79 Å². The SMILES string of the molecule is CCCNc1ccncc1C(=O)Nc1cc(C)cc(C)n1. The second-order valence-electron chi connectivity index (χ2n) is 4.97. The van der Waals surface area contributed by atoms with Crippen molar-refractivity contribution >= 4 is 17.4 Å². The monoisotopic (exact) mass is 284 g/mol. The highest BCUT2D eigenvalue weighted by atomic mass is 16.1. The van der Waals surface area contributed by atoms with Crippen LogP contribution in [0, 0.1) is 13.8 Å². The van der Waals surface area contributed by atoms with E-state index in [2.05, 4.69) is 27.5 Å². The summed E-state index contributed by atoms with van der Waals surface area (Å²) in [5, 5.41) is 6.06. The lowest BCUT2D eigenvalue weighted by Crippen LogP contribution is -2.16. The molecule has 2 N–H and O–H groups in total. The van der Waals surface area contributed by atoms with Gasteiger partial charge < -0.3 is 10.6 Å². The van der Waals surface area contributed by atoms with Gasteiger partial charge in [-0.3, -0.25) is 9.78 Å². The van der Waals surface area contributed by atoms with Crippen molar-refractivity contribution < 1.29 is 4.79 Å². The lowest BCUT2D eigenvalue weighted by molar-refractivity contribution is 0.102. The molecule has 0 bridgehead atoms. The van der Waals surface area contributed by atoms with Crippen LogP contribution in [0.15, 0.2) is 30.6 Å². The Labute approximate surface area is 124 Å². The maximum absolute atomic E-state index is 12.4. The quantitative estimate of drug-likeness (QED) is 0.885. The van der Waals surface area contributed by atoms with Gasteiger partial charge in [-0.25, -0.2) is 4.98 Å². The standard InChI is InChI=1S/C16H20N4O/c1-4-6-18-14-5-7-17-10-13(14)16(21)20-15-9-11(2)8-12(3)19-15/h5,7-10H,4,6H2,1-3H3,(H,17,18)(H,19,20,21). The van der Waals surface area contributed by atoms with Gasteiger partial charge in [0.25, 0.3) is 5.91 Å². The van der Waals surface area contributed by atoms with E-state index in [0.29, 0.717) is 11.4 Å². The molecule has 0 saturated heterocycles. The highest BCUT2D eigenvalue weighted by Crippen LogP contribution is 2.16. The number of rotatable bonds is 5. The van der Waals surface area contributed by atoms with Gasteiger partial charge in [-0.05, 0) is 44.0 Å². The molecule has 2 aromatic rings. The van der Waals surface area contributed by atoms with Gasteiger partial charge in [0, 0.05) is 24.6 Å². The highest BCUT2D eigenvalue weighted by Gasteiger charge is 2.12. The molecule has 0 radical (unpaired) electrons. The van der Waals surface area contributed by atoms with Gasteiger partial charge in [-0.1, -0.05) is 6.92 Å². The van der Waals surface area contributed by atoms with Crippen LogP contribution in [0.3, 0.4) is 0 Å². The summed E-state index contributed by atoms with van der Waals surface area (Å²) in [6.45, 7) is 6.77. The fourth-order valence-corrected chi connectivity index (χ4v) is 2.08. The minimum absolute atomic E-state index is 0.209. The van der Waals surface area contributed by atoms with E-state index in [-0.39, 0.29) is 5.91 Å². The van der Waals surface area contributed by atoms with Crippen molar-refractivity contribution in [2.24, 2.45) is 0 Å². The zero-order chi connectivity index (χ0) is 15.2. The van der Waals surface area contributed by atoms with Gasteiger partial charge in [0.1, 0.15) is 5.82 Å². The predicted molar refractivity (Wildman–Crippen MR) is 84.7 cm³/mol. The Hall–Kier alpha value is -2.43. The van der Waals surface area contributed by atoms with E-state index in [4.69, 9.17) is 0 Å². The number of amides is 1. The number of aromatic nitrogens is 2. The second kappa shape index (κ2) is 6.83. The first kappa shape index (κ1) is 15.0. The molecular weight excluding hydrogens is 264 g/mol. The highest BCUT2D eigenvalue weighted by molar-refractivity contribution is 6.07. The number of carbonyl (C=O) groups is 1. The Morgan fingerprint density at radius 2 is 2.10 bits per heavy atom. The number of carbonyl (C=O) groups excluding carboxylic acids is 1. The molecule has 0 atom stereocenters. The smallest absolute Gasteiger partial charge is 0.260 e. The van der Waals surface area contributed by atoms with Gasteiger partial charge in [-0.15, -0.1) is 0 Å². The number of anilines is 2. The molecule has 0 aliphatic heterocycles. The summed E-state index contributed by atoms with van der Waals surface area (Å²) < 4.78 is 0. The number of pyridine rings is 2. The minimum atomic E-state index is -0.209. The molecule has 0 spiro atoms. The Kier molecular flexibility index (Phi) is 4.87. The van der Waals surface area contributed by atoms with Crippen LogP contribution in [0.25, 0.3) is 0 Å². The normalized spacial score (nSPS) is 10.2. The van der Waals surface area contributed by atoms with Crippen LogP contribution in [0.1, 0.15) is 35.0 Å². The zero-order valence-corrected chi connectivity index (χ0v) is 12.6. The third kappa shape index (κ3) is 4.02. The van der Waals surface area contributed by atoms with Crippen LogP contribution in [0.5, 0.6) is 0 Å². The van der Waals surface area contributed by atoms with Crippen molar-refractivity contribution in [3.63, 3.8) is 0 Å². The first-order valence-corrected chi connectivity index (χ1v) is 7.04. The van der Waals surface area contributed by atoms with Gasteiger partial charge in [0.05, 0.1) is 11.3 Å². The number of aryl methyl sites for hydroxylation is 2. The topological polar surface area (TPSA) is 66.9 Å². The third-order valence-corrected chi connectivity index (χ3v) is 2.97. The largest absolute Gasteiger partial charge is 0.384 e. The minimum Gasteiger partial charge on any atom is -0.384 e. The molecule has 5 nitrogen and oxygen atoms in total. The first-order chi connectivity index (χ1) is 10.1. The summed E-state index contributed by atoms with van der Waals surface area (Å²) in [5.41, 5.74) is 3.25. The van der Waals surface area contributed by atoms with E-state index in [1.54, 1.807) is 18.5 Å². The lowest BCUT2D eigenvalue weighted by Gasteiger charge is -2.11. The van der Waals surface area contributed by atoms with Gasteiger partial charge in [0.15, 0.2) is 0 Å². The molecule has 0 fully saturated rings. The van der Waals surface area contributed by atoms with Gasteiger partial charge >= 0.3 is 0 Å². The summed E-state index contributed by atoms with van der Waals surface area (Å²) in [6, 6.07) is 5.62. The van der Waals surface area contributed by atoms with Crippen molar-refractivity contribution in [1.29, 1.82) is 0 Å². The molecule has 2 heterocycles. The van der Waals surface area contributed by atoms with E-state index in [0.717, 1.165) is 29.9 Å². The lowest BCUT2D eigenvalue weighted by atomic mass is 10.2. The van der Waals surface area contributed by atoms with E-state index >= 15 is 0 Å². The number of nitrogens with one attached hydrogen (secondary N) is 2. The van der Waals surface area contributed by atoms with Crippen LogP contribution in [0.4, 0.5) is 11.5 Å². The van der Waals surface area contributed by atoms with Crippen LogP contribution < -0.4 is 10.6 Å². The summed E-state index contributed by atoms with van der Waals surface area (Å²) in [7, 11) is 0. The molecular formula is C16H20N4O. The third-order valence-electron chi connectivity index (χ3n) is 2.97. The van der Waals surface area contributed by atoms with Crippen molar-refractivity contribution in [2.75, 3.05) is 17.2 Å². The first-order valence-electron chi connectivity index (χ1n) is 7.04. The van der Waals surface area contributed by atoms with Crippen molar-refractivity contribution in [3.05, 3.63) is 47.4 Å². The molecule has 110 valence electrons. The number of hydrogen-bond donors (Lipinski definition) is 2. The average molecular weight is 284 g/mol. The van der Waals surface area contributed by atoms with Crippen LogP contribution in [0.2, 0.25) is 0 Å². The summed E-state index contributed by atoms with van der Waals surface area (Å²) in [5.74, 6) is 0.349. The van der Waals surface area contributed by atoms with Gasteiger partial charge in [0.2, 0.25) is 0 Å². The van der Waals surface area contributed by atoms with E-state index in [1.165, 1.54) is 0 Å².